The molecule has 2 atom stereocenters. The zero-order chi connectivity index (χ0) is 6.85. The summed E-state index contributed by atoms with van der Waals surface area (Å²) in [5, 5.41) is 0. The molecule has 1 fully saturated rings. The lowest BCUT2D eigenvalue weighted by atomic mass is 10.2. The summed E-state index contributed by atoms with van der Waals surface area (Å²) in [6.45, 7) is 5.78. The third-order valence-corrected chi connectivity index (χ3v) is 1.45. The first-order valence-electron chi connectivity index (χ1n) is 3.33. The molecule has 1 aliphatic rings. The van der Waals surface area contributed by atoms with Crippen LogP contribution in [-0.2, 0) is 4.74 Å². The molecule has 0 aromatic heterocycles. The van der Waals surface area contributed by atoms with Crippen molar-refractivity contribution in [3.63, 3.8) is 0 Å². The van der Waals surface area contributed by atoms with Crippen molar-refractivity contribution >= 4 is 0 Å². The number of morpholine rings is 1. The lowest BCUT2D eigenvalue weighted by molar-refractivity contribution is -0.0550. The van der Waals surface area contributed by atoms with Crippen molar-refractivity contribution in [1.29, 1.82) is 0 Å². The maximum Gasteiger partial charge on any atom is 0.0678 e. The summed E-state index contributed by atoms with van der Waals surface area (Å²) in [7, 11) is 5.57. The fourth-order valence-electron chi connectivity index (χ4n) is 1.22. The van der Waals surface area contributed by atoms with Gasteiger partial charge in [0, 0.05) is 20.1 Å². The first-order chi connectivity index (χ1) is 4.18. The molecular weight excluding hydrogens is 114 g/mol. The number of hydrogen-bond donors (Lipinski definition) is 0. The van der Waals surface area contributed by atoms with Crippen LogP contribution in [0.25, 0.3) is 0 Å². The Morgan fingerprint density at radius 1 is 1.33 bits per heavy atom. The molecule has 0 aliphatic carbocycles. The fourth-order valence-corrected chi connectivity index (χ4v) is 1.22. The predicted molar refractivity (Wildman–Crippen MR) is 35.9 cm³/mol. The average Bonchev–Trinajstić information content (AvgIpc) is 1.59. The van der Waals surface area contributed by atoms with E-state index in [1.807, 2.05) is 13.8 Å². The average molecular weight is 127 g/mol. The van der Waals surface area contributed by atoms with Gasteiger partial charge in [0.25, 0.3) is 0 Å². The molecule has 1 rings (SSSR count). The molecular formula is C7H13NO. The van der Waals surface area contributed by atoms with Crippen molar-refractivity contribution in [3.8, 4) is 0 Å². The monoisotopic (exact) mass is 127 g/mol. The summed E-state index contributed by atoms with van der Waals surface area (Å²) < 4.78 is 5.43. The molecule has 9 heavy (non-hydrogen) atoms. The second kappa shape index (κ2) is 2.67. The summed E-state index contributed by atoms with van der Waals surface area (Å²) in [5.41, 5.74) is 0. The highest BCUT2D eigenvalue weighted by molar-refractivity contribution is 4.71. The minimum atomic E-state index is 0.291. The Bertz CT molecular complexity index is 69.9. The molecule has 1 aliphatic heterocycles. The normalized spacial score (nSPS) is 39.0. The van der Waals surface area contributed by atoms with E-state index < -0.39 is 0 Å². The highest BCUT2D eigenvalue weighted by Gasteiger charge is 2.18. The van der Waals surface area contributed by atoms with E-state index in [-0.39, 0.29) is 0 Å². The summed E-state index contributed by atoms with van der Waals surface area (Å²) in [4.78, 5) is 1.80. The molecule has 1 heterocycles. The molecule has 1 saturated heterocycles. The van der Waals surface area contributed by atoms with Crippen molar-refractivity contribution < 1.29 is 4.74 Å². The van der Waals surface area contributed by atoms with E-state index in [9.17, 15) is 0 Å². The lowest BCUT2D eigenvalue weighted by Crippen LogP contribution is -2.41. The number of ether oxygens (including phenoxy) is 1. The molecule has 0 amide bonds. The predicted octanol–water partition coefficient (Wildman–Crippen LogP) is 0.764. The van der Waals surface area contributed by atoms with Crippen molar-refractivity contribution in [2.24, 2.45) is 0 Å². The fraction of sp³-hybridized carbons (Fsp3) is 0.857. The van der Waals surface area contributed by atoms with Gasteiger partial charge in [-0.25, -0.2) is 0 Å². The van der Waals surface area contributed by atoms with Crippen molar-refractivity contribution in [3.05, 3.63) is 7.05 Å². The van der Waals surface area contributed by atoms with E-state index in [0.29, 0.717) is 12.2 Å². The van der Waals surface area contributed by atoms with Crippen LogP contribution in [0.3, 0.4) is 0 Å². The molecule has 2 radical (unpaired) electrons. The van der Waals surface area contributed by atoms with Gasteiger partial charge in [-0.1, -0.05) is 0 Å². The molecule has 0 aromatic carbocycles. The van der Waals surface area contributed by atoms with Gasteiger partial charge in [-0.3, -0.25) is 4.90 Å². The van der Waals surface area contributed by atoms with Crippen LogP contribution in [0.15, 0.2) is 0 Å². The van der Waals surface area contributed by atoms with Crippen molar-refractivity contribution in [2.75, 3.05) is 13.1 Å². The highest BCUT2D eigenvalue weighted by atomic mass is 16.5. The third kappa shape index (κ3) is 1.95. The minimum Gasteiger partial charge on any atom is -0.373 e. The van der Waals surface area contributed by atoms with Crippen LogP contribution in [0.2, 0.25) is 0 Å². The standard InChI is InChI=1S/C7H13NO/c1-6-4-8(3)5-7(2)9-6/h3,6-7H,4-5H2,1-2H3/t6-,7+. The Morgan fingerprint density at radius 3 is 2.11 bits per heavy atom. The summed E-state index contributed by atoms with van der Waals surface area (Å²) in [5.74, 6) is 0. The maximum atomic E-state index is 5.57. The summed E-state index contributed by atoms with van der Waals surface area (Å²) in [6.07, 6.45) is 0.581. The van der Waals surface area contributed by atoms with Gasteiger partial charge in [0.1, 0.15) is 0 Å². The Labute approximate surface area is 56.8 Å². The third-order valence-electron chi connectivity index (χ3n) is 1.45. The zero-order valence-electron chi connectivity index (χ0n) is 6.00. The maximum absolute atomic E-state index is 5.57. The Kier molecular flexibility index (Phi) is 2.09. The van der Waals surface area contributed by atoms with E-state index >= 15 is 0 Å². The van der Waals surface area contributed by atoms with E-state index in [4.69, 9.17) is 11.8 Å². The quantitative estimate of drug-likeness (QED) is 0.476. The van der Waals surface area contributed by atoms with Crippen molar-refractivity contribution in [2.45, 2.75) is 26.1 Å². The smallest absolute Gasteiger partial charge is 0.0678 e. The van der Waals surface area contributed by atoms with E-state index in [1.54, 1.807) is 4.90 Å². The first kappa shape index (κ1) is 7.03. The molecule has 0 N–H and O–H groups in total. The van der Waals surface area contributed by atoms with Crippen LogP contribution in [0.1, 0.15) is 13.8 Å². The molecule has 0 spiro atoms. The van der Waals surface area contributed by atoms with Gasteiger partial charge in [0.2, 0.25) is 0 Å². The zero-order valence-corrected chi connectivity index (χ0v) is 6.00. The number of rotatable bonds is 0. The van der Waals surface area contributed by atoms with E-state index in [0.717, 1.165) is 13.1 Å². The van der Waals surface area contributed by atoms with Gasteiger partial charge in [0.05, 0.1) is 12.2 Å². The largest absolute Gasteiger partial charge is 0.373 e. The van der Waals surface area contributed by atoms with E-state index in [2.05, 4.69) is 0 Å². The molecule has 0 bridgehead atoms. The highest BCUT2D eigenvalue weighted by Crippen LogP contribution is 2.08. The van der Waals surface area contributed by atoms with E-state index in [1.165, 1.54) is 0 Å². The van der Waals surface area contributed by atoms with Crippen LogP contribution in [0, 0.1) is 7.05 Å². The topological polar surface area (TPSA) is 12.5 Å². The van der Waals surface area contributed by atoms with Gasteiger partial charge in [-0.15, -0.1) is 0 Å². The molecule has 0 saturated carbocycles. The van der Waals surface area contributed by atoms with Crippen LogP contribution < -0.4 is 0 Å². The number of nitrogens with zero attached hydrogens (tertiary/aromatic N) is 1. The minimum absolute atomic E-state index is 0.291. The van der Waals surface area contributed by atoms with Gasteiger partial charge in [0.15, 0.2) is 0 Å². The SMILES string of the molecule is [CH]N1C[C@@H](C)O[C@@H](C)C1. The molecule has 52 valence electrons. The molecule has 2 heteroatoms. The second-order valence-electron chi connectivity index (χ2n) is 2.71. The Morgan fingerprint density at radius 2 is 1.78 bits per heavy atom. The summed E-state index contributed by atoms with van der Waals surface area (Å²) >= 11 is 0. The van der Waals surface area contributed by atoms with Crippen LogP contribution in [0.5, 0.6) is 0 Å². The first-order valence-corrected chi connectivity index (χ1v) is 3.33. The van der Waals surface area contributed by atoms with Crippen LogP contribution >= 0.6 is 0 Å². The molecule has 2 nitrogen and oxygen atoms in total. The van der Waals surface area contributed by atoms with Gasteiger partial charge in [-0.05, 0) is 13.8 Å². The molecule has 0 aromatic rings. The van der Waals surface area contributed by atoms with Gasteiger partial charge in [-0.2, -0.15) is 0 Å². The van der Waals surface area contributed by atoms with Gasteiger partial charge >= 0.3 is 0 Å². The Balaban J connectivity index is 2.34. The van der Waals surface area contributed by atoms with Crippen molar-refractivity contribution in [1.82, 2.24) is 4.90 Å². The second-order valence-corrected chi connectivity index (χ2v) is 2.71. The summed E-state index contributed by atoms with van der Waals surface area (Å²) in [6, 6.07) is 0. The molecule has 0 unspecified atom stereocenters. The lowest BCUT2D eigenvalue weighted by Gasteiger charge is -2.31. The Hall–Kier alpha value is -0.0800. The number of hydrogen-bond acceptors (Lipinski definition) is 2. The van der Waals surface area contributed by atoms with Crippen LogP contribution in [0.4, 0.5) is 0 Å². The van der Waals surface area contributed by atoms with Crippen LogP contribution in [-0.4, -0.2) is 30.2 Å². The van der Waals surface area contributed by atoms with Gasteiger partial charge < -0.3 is 4.74 Å².